The van der Waals surface area contributed by atoms with Crippen LogP contribution in [0.5, 0.6) is 0 Å². The number of benzene rings is 2. The molecule has 1 saturated heterocycles. The van der Waals surface area contributed by atoms with E-state index in [-0.39, 0.29) is 23.2 Å². The lowest BCUT2D eigenvalue weighted by molar-refractivity contribution is -0.113. The molecule has 0 saturated carbocycles. The van der Waals surface area contributed by atoms with E-state index in [1.165, 1.54) is 36.4 Å². The lowest BCUT2D eigenvalue weighted by Gasteiger charge is -2.26. The van der Waals surface area contributed by atoms with Gasteiger partial charge in [0.15, 0.2) is 11.0 Å². The van der Waals surface area contributed by atoms with Gasteiger partial charge in [0.1, 0.15) is 11.6 Å². The quantitative estimate of drug-likeness (QED) is 0.527. The fraction of sp³-hybridized carbons (Fsp3) is 0.348. The van der Waals surface area contributed by atoms with Gasteiger partial charge in [0.2, 0.25) is 5.91 Å². The van der Waals surface area contributed by atoms with E-state index in [4.69, 9.17) is 0 Å². The monoisotopic (exact) mass is 457 g/mol. The first-order chi connectivity index (χ1) is 15.5. The van der Waals surface area contributed by atoms with Gasteiger partial charge in [0.05, 0.1) is 18.0 Å². The molecule has 1 aliphatic heterocycles. The van der Waals surface area contributed by atoms with Crippen molar-refractivity contribution < 1.29 is 13.6 Å². The number of aryl methyl sites for hydroxylation is 1. The molecule has 0 bridgehead atoms. The number of halogens is 2. The molecular weight excluding hydrogens is 432 g/mol. The van der Waals surface area contributed by atoms with Crippen LogP contribution in [0.1, 0.15) is 30.7 Å². The Hall–Kier alpha value is -2.78. The second-order valence-electron chi connectivity index (χ2n) is 7.87. The van der Waals surface area contributed by atoms with E-state index in [9.17, 15) is 13.6 Å². The number of nitrogens with one attached hydrogen (secondary N) is 1. The van der Waals surface area contributed by atoms with Crippen molar-refractivity contribution in [1.29, 1.82) is 0 Å². The van der Waals surface area contributed by atoms with Crippen LogP contribution in [0.2, 0.25) is 0 Å². The third-order valence-electron chi connectivity index (χ3n) is 5.33. The Labute approximate surface area is 190 Å². The number of nitrogens with zero attached hydrogens (tertiary/aromatic N) is 4. The summed E-state index contributed by atoms with van der Waals surface area (Å²) in [6.45, 7) is 4.42. The van der Waals surface area contributed by atoms with Gasteiger partial charge in [-0.15, -0.1) is 10.2 Å². The summed E-state index contributed by atoms with van der Waals surface area (Å²) < 4.78 is 29.4. The average molecular weight is 458 g/mol. The molecule has 1 N–H and O–H groups in total. The predicted octanol–water partition coefficient (Wildman–Crippen LogP) is 4.57. The van der Waals surface area contributed by atoms with Crippen molar-refractivity contribution >= 4 is 23.4 Å². The number of piperidine rings is 1. The molecule has 6 nitrogen and oxygen atoms in total. The molecule has 0 spiro atoms. The minimum Gasteiger partial charge on any atom is -0.323 e. The predicted molar refractivity (Wildman–Crippen MR) is 121 cm³/mol. The molecule has 3 aromatic rings. The zero-order valence-corrected chi connectivity index (χ0v) is 18.7. The molecule has 0 unspecified atom stereocenters. The van der Waals surface area contributed by atoms with Crippen molar-refractivity contribution in [2.45, 2.75) is 37.9 Å². The molecule has 1 amide bonds. The summed E-state index contributed by atoms with van der Waals surface area (Å²) in [6, 6.07) is 10.8. The van der Waals surface area contributed by atoms with Gasteiger partial charge in [-0.1, -0.05) is 24.2 Å². The minimum absolute atomic E-state index is 0.0381. The molecule has 168 valence electrons. The summed E-state index contributed by atoms with van der Waals surface area (Å²) in [5, 5.41) is 11.8. The summed E-state index contributed by atoms with van der Waals surface area (Å²) in [5.41, 5.74) is 1.66. The largest absolute Gasteiger partial charge is 0.323 e. The third kappa shape index (κ3) is 5.52. The fourth-order valence-electron chi connectivity index (χ4n) is 3.70. The number of aromatic nitrogens is 3. The topological polar surface area (TPSA) is 63.1 Å². The van der Waals surface area contributed by atoms with Crippen molar-refractivity contribution in [2.24, 2.45) is 0 Å². The highest BCUT2D eigenvalue weighted by atomic mass is 32.2. The van der Waals surface area contributed by atoms with Crippen LogP contribution in [-0.2, 0) is 11.3 Å². The number of carbonyl (C=O) groups is 1. The lowest BCUT2D eigenvalue weighted by atomic mass is 10.1. The summed E-state index contributed by atoms with van der Waals surface area (Å²) in [5.74, 6) is -0.360. The minimum atomic E-state index is -0.471. The smallest absolute Gasteiger partial charge is 0.234 e. The number of hydrogen-bond acceptors (Lipinski definition) is 5. The van der Waals surface area contributed by atoms with E-state index in [1.54, 1.807) is 31.2 Å². The number of rotatable bonds is 7. The molecule has 0 radical (unpaired) electrons. The van der Waals surface area contributed by atoms with Crippen molar-refractivity contribution in [3.05, 3.63) is 65.5 Å². The van der Waals surface area contributed by atoms with Gasteiger partial charge in [-0.3, -0.25) is 14.3 Å². The van der Waals surface area contributed by atoms with Gasteiger partial charge in [-0.25, -0.2) is 8.78 Å². The maximum absolute atomic E-state index is 14.0. The van der Waals surface area contributed by atoms with Crippen LogP contribution in [-0.4, -0.2) is 44.4 Å². The highest BCUT2D eigenvalue weighted by molar-refractivity contribution is 7.99. The zero-order chi connectivity index (χ0) is 22.5. The Balaban J connectivity index is 1.50. The molecule has 2 aromatic carbocycles. The van der Waals surface area contributed by atoms with E-state index in [2.05, 4.69) is 20.4 Å². The standard InChI is InChI=1S/C23H25F2N5OS/c1-16-5-10-20(19(25)13-16)26-22(31)15-32-23-28-27-21(14-29-11-3-2-4-12-29)30(23)18-8-6-17(24)7-9-18/h5-10,13H,2-4,11-12,14-15H2,1H3,(H,26,31). The third-order valence-corrected chi connectivity index (χ3v) is 6.26. The number of likely N-dealkylation sites (tertiary alicyclic amines) is 1. The van der Waals surface area contributed by atoms with Crippen LogP contribution in [0.4, 0.5) is 14.5 Å². The van der Waals surface area contributed by atoms with Gasteiger partial charge in [0.25, 0.3) is 0 Å². The first kappa shape index (κ1) is 22.4. The molecule has 2 heterocycles. The summed E-state index contributed by atoms with van der Waals surface area (Å²) in [6.07, 6.45) is 3.54. The number of anilines is 1. The Morgan fingerprint density at radius 3 is 2.53 bits per heavy atom. The number of amides is 1. The summed E-state index contributed by atoms with van der Waals surface area (Å²) in [7, 11) is 0. The second kappa shape index (κ2) is 10.2. The lowest BCUT2D eigenvalue weighted by Crippen LogP contribution is -2.30. The van der Waals surface area contributed by atoms with E-state index in [0.717, 1.165) is 43.0 Å². The number of thioether (sulfide) groups is 1. The molecule has 1 fully saturated rings. The van der Waals surface area contributed by atoms with E-state index in [0.29, 0.717) is 11.7 Å². The van der Waals surface area contributed by atoms with E-state index < -0.39 is 5.82 Å². The first-order valence-corrected chi connectivity index (χ1v) is 11.6. The summed E-state index contributed by atoms with van der Waals surface area (Å²) in [4.78, 5) is 14.8. The highest BCUT2D eigenvalue weighted by Gasteiger charge is 2.20. The molecule has 0 atom stereocenters. The molecule has 32 heavy (non-hydrogen) atoms. The Bertz CT molecular complexity index is 1080. The Kier molecular flexibility index (Phi) is 7.16. The number of hydrogen-bond donors (Lipinski definition) is 1. The molecule has 9 heteroatoms. The SMILES string of the molecule is Cc1ccc(NC(=O)CSc2nnc(CN3CCCCC3)n2-c2ccc(F)cc2)c(F)c1. The Morgan fingerprint density at radius 1 is 1.06 bits per heavy atom. The van der Waals surface area contributed by atoms with Gasteiger partial charge in [-0.05, 0) is 74.8 Å². The van der Waals surface area contributed by atoms with Crippen LogP contribution in [0.15, 0.2) is 47.6 Å². The van der Waals surface area contributed by atoms with Gasteiger partial charge in [-0.2, -0.15) is 0 Å². The van der Waals surface area contributed by atoms with Crippen molar-refractivity contribution in [3.63, 3.8) is 0 Å². The van der Waals surface area contributed by atoms with Crippen LogP contribution in [0, 0.1) is 18.6 Å². The van der Waals surface area contributed by atoms with Crippen LogP contribution >= 0.6 is 11.8 Å². The zero-order valence-electron chi connectivity index (χ0n) is 17.9. The molecule has 0 aliphatic carbocycles. The van der Waals surface area contributed by atoms with Gasteiger partial charge < -0.3 is 5.32 Å². The average Bonchev–Trinajstić information content (AvgIpc) is 3.18. The van der Waals surface area contributed by atoms with Crippen LogP contribution < -0.4 is 5.32 Å². The fourth-order valence-corrected chi connectivity index (χ4v) is 4.47. The molecule has 1 aliphatic rings. The van der Waals surface area contributed by atoms with Crippen LogP contribution in [0.3, 0.4) is 0 Å². The molecule has 1 aromatic heterocycles. The van der Waals surface area contributed by atoms with Gasteiger partial charge in [0, 0.05) is 5.69 Å². The van der Waals surface area contributed by atoms with E-state index in [1.807, 2.05) is 4.57 Å². The normalized spacial score (nSPS) is 14.5. The number of carbonyl (C=O) groups excluding carboxylic acids is 1. The van der Waals surface area contributed by atoms with Gasteiger partial charge >= 0.3 is 0 Å². The maximum Gasteiger partial charge on any atom is 0.234 e. The molecule has 4 rings (SSSR count). The first-order valence-electron chi connectivity index (χ1n) is 10.6. The summed E-state index contributed by atoms with van der Waals surface area (Å²) >= 11 is 1.21. The van der Waals surface area contributed by atoms with Crippen LogP contribution in [0.25, 0.3) is 5.69 Å². The highest BCUT2D eigenvalue weighted by Crippen LogP contribution is 2.24. The Morgan fingerprint density at radius 2 is 1.81 bits per heavy atom. The van der Waals surface area contributed by atoms with E-state index >= 15 is 0 Å². The second-order valence-corrected chi connectivity index (χ2v) is 8.81. The van der Waals surface area contributed by atoms with Crippen molar-refractivity contribution in [1.82, 2.24) is 19.7 Å². The maximum atomic E-state index is 14.0. The van der Waals surface area contributed by atoms with Crippen molar-refractivity contribution in [2.75, 3.05) is 24.2 Å². The van der Waals surface area contributed by atoms with Crippen molar-refractivity contribution in [3.8, 4) is 5.69 Å². The molecular formula is C23H25F2N5OS.